The molecule has 4 aliphatic rings. The molecule has 2 aliphatic carbocycles. The smallest absolute Gasteiger partial charge is 0.411 e. The minimum Gasteiger partial charge on any atom is -0.444 e. The lowest BCUT2D eigenvalue weighted by atomic mass is 10.1. The quantitative estimate of drug-likeness (QED) is 0.218. The van der Waals surface area contributed by atoms with Crippen LogP contribution in [0.4, 0.5) is 14.0 Å². The summed E-state index contributed by atoms with van der Waals surface area (Å²) in [4.78, 5) is 45.6. The van der Waals surface area contributed by atoms with E-state index in [1.54, 1.807) is 17.2 Å². The molecule has 6 atom stereocenters. The first-order valence-electron chi connectivity index (χ1n) is 17.1. The number of piperidine rings is 2. The number of aromatic nitrogens is 4. The molecule has 2 saturated carbocycles. The second-order valence-corrected chi connectivity index (χ2v) is 15.9. The molecule has 0 radical (unpaired) electrons. The van der Waals surface area contributed by atoms with Gasteiger partial charge in [-0.1, -0.05) is 24.0 Å². The minimum absolute atomic E-state index is 0.131. The number of H-pyrrole nitrogens is 2. The second kappa shape index (κ2) is 11.1. The van der Waals surface area contributed by atoms with Gasteiger partial charge in [-0.2, -0.15) is 0 Å². The number of carbonyl (C=O) groups is 2. The molecule has 4 aromatic rings. The summed E-state index contributed by atoms with van der Waals surface area (Å²) in [6.07, 6.45) is 4.79. The molecule has 1 unspecified atom stereocenters. The highest BCUT2D eigenvalue weighted by molar-refractivity contribution is 5.78. The Labute approximate surface area is 284 Å². The van der Waals surface area contributed by atoms with Gasteiger partial charge in [-0.05, 0) is 109 Å². The number of rotatable bonds is 3. The fraction of sp³-hybridized carbons (Fsp3) is 0.474. The molecule has 11 heteroatoms. The number of nitrogens with zero attached hydrogens (tertiary/aromatic N) is 4. The third-order valence-corrected chi connectivity index (χ3v) is 9.75. The molecular weight excluding hydrogens is 623 g/mol. The maximum atomic E-state index is 15.3. The van der Waals surface area contributed by atoms with Crippen LogP contribution in [-0.2, 0) is 9.47 Å². The van der Waals surface area contributed by atoms with Crippen LogP contribution in [-0.4, -0.2) is 65.2 Å². The van der Waals surface area contributed by atoms with E-state index in [0.717, 1.165) is 48.3 Å². The van der Waals surface area contributed by atoms with Crippen molar-refractivity contribution >= 4 is 23.2 Å². The molecule has 254 valence electrons. The van der Waals surface area contributed by atoms with Gasteiger partial charge in [0.25, 0.3) is 0 Å². The van der Waals surface area contributed by atoms with Crippen molar-refractivity contribution in [3.8, 4) is 23.1 Å². The van der Waals surface area contributed by atoms with Crippen molar-refractivity contribution in [3.63, 3.8) is 0 Å². The second-order valence-electron chi connectivity index (χ2n) is 15.9. The van der Waals surface area contributed by atoms with Crippen molar-refractivity contribution < 1.29 is 23.5 Å². The molecule has 2 aromatic carbocycles. The lowest BCUT2D eigenvalue weighted by Gasteiger charge is -2.29. The van der Waals surface area contributed by atoms with Crippen LogP contribution in [0.25, 0.3) is 22.3 Å². The van der Waals surface area contributed by atoms with Crippen LogP contribution in [0.2, 0.25) is 0 Å². The van der Waals surface area contributed by atoms with Crippen molar-refractivity contribution in [2.24, 2.45) is 11.8 Å². The van der Waals surface area contributed by atoms with Gasteiger partial charge < -0.3 is 19.4 Å². The normalized spacial score (nSPS) is 25.4. The minimum atomic E-state index is -0.604. The summed E-state index contributed by atoms with van der Waals surface area (Å²) in [6.45, 7) is 11.2. The highest BCUT2D eigenvalue weighted by Gasteiger charge is 2.57. The van der Waals surface area contributed by atoms with E-state index in [-0.39, 0.29) is 41.9 Å². The first-order valence-corrected chi connectivity index (χ1v) is 17.1. The Morgan fingerprint density at radius 2 is 1.37 bits per heavy atom. The summed E-state index contributed by atoms with van der Waals surface area (Å²) >= 11 is 0. The number of imidazole rings is 2. The summed E-state index contributed by atoms with van der Waals surface area (Å²) in [6, 6.07) is 10.9. The zero-order valence-corrected chi connectivity index (χ0v) is 28.6. The molecule has 10 nitrogen and oxygen atoms in total. The highest BCUT2D eigenvalue weighted by Crippen LogP contribution is 2.54. The molecule has 2 saturated heterocycles. The molecule has 0 spiro atoms. The molecule has 4 fully saturated rings. The van der Waals surface area contributed by atoms with Crippen LogP contribution >= 0.6 is 0 Å². The lowest BCUT2D eigenvalue weighted by Crippen LogP contribution is -2.38. The zero-order valence-electron chi connectivity index (χ0n) is 28.6. The molecule has 49 heavy (non-hydrogen) atoms. The summed E-state index contributed by atoms with van der Waals surface area (Å²) in [7, 11) is 0. The molecule has 8 rings (SSSR count). The van der Waals surface area contributed by atoms with Gasteiger partial charge in [-0.25, -0.2) is 23.9 Å². The van der Waals surface area contributed by atoms with Gasteiger partial charge in [0.15, 0.2) is 5.82 Å². The Morgan fingerprint density at radius 3 is 1.96 bits per heavy atom. The third kappa shape index (κ3) is 6.13. The molecule has 2 aromatic heterocycles. The predicted octanol–water partition coefficient (Wildman–Crippen LogP) is 7.63. The highest BCUT2D eigenvalue weighted by atomic mass is 19.1. The van der Waals surface area contributed by atoms with Gasteiger partial charge in [-0.15, -0.1) is 0 Å². The van der Waals surface area contributed by atoms with Crippen molar-refractivity contribution in [1.29, 1.82) is 0 Å². The standard InChI is InChI=1S/C38H41FN6O4/c1-37(2,3)48-35(46)44-28-15-23(28)17-30(44)33-40-19-27(42-33)22-11-9-20(10-12-22)7-8-21-13-25(39)32-26(14-21)41-34(43-32)31-18-24-16-29(24)45(31)36(47)49-38(4,5)6/h9-14,19,23-24,28-31H,15-18H2,1-6H3,(H,40,42)(H,41,43)/t23-,24?,28-,29-,30+,31+/m1/s1. The fourth-order valence-corrected chi connectivity index (χ4v) is 7.41. The lowest BCUT2D eigenvalue weighted by molar-refractivity contribution is 0.0164. The monoisotopic (exact) mass is 664 g/mol. The zero-order chi connectivity index (χ0) is 34.4. The van der Waals surface area contributed by atoms with Gasteiger partial charge in [0.1, 0.15) is 28.4 Å². The number of aromatic amines is 2. The number of carbonyl (C=O) groups excluding carboxylic acids is 2. The summed E-state index contributed by atoms with van der Waals surface area (Å²) < 4.78 is 26.6. The van der Waals surface area contributed by atoms with E-state index in [4.69, 9.17) is 9.47 Å². The number of ether oxygens (including phenoxy) is 2. The predicted molar refractivity (Wildman–Crippen MR) is 181 cm³/mol. The largest absolute Gasteiger partial charge is 0.444 e. The van der Waals surface area contributed by atoms with Gasteiger partial charge in [-0.3, -0.25) is 9.80 Å². The van der Waals surface area contributed by atoms with Gasteiger partial charge in [0, 0.05) is 23.2 Å². The molecule has 0 bridgehead atoms. The van der Waals surface area contributed by atoms with Crippen molar-refractivity contribution in [1.82, 2.24) is 29.7 Å². The molecule has 2 N–H and O–H groups in total. The van der Waals surface area contributed by atoms with E-state index < -0.39 is 17.0 Å². The number of hydrogen-bond donors (Lipinski definition) is 2. The first-order chi connectivity index (χ1) is 23.2. The van der Waals surface area contributed by atoms with E-state index in [1.165, 1.54) is 6.07 Å². The number of likely N-dealkylation sites (tertiary alicyclic amines) is 2. The number of benzene rings is 2. The van der Waals surface area contributed by atoms with Crippen molar-refractivity contribution in [2.45, 2.75) is 103 Å². The van der Waals surface area contributed by atoms with Crippen molar-refractivity contribution in [2.75, 3.05) is 0 Å². The van der Waals surface area contributed by atoms with E-state index in [1.807, 2.05) is 70.7 Å². The third-order valence-electron chi connectivity index (χ3n) is 9.75. The topological polar surface area (TPSA) is 116 Å². The number of fused-ring (bicyclic) bond motifs is 3. The SMILES string of the molecule is CC(C)(C)OC(=O)N1[C@@H]2CC2C[C@H]1c1nc2c(F)cc(C#Cc3ccc(-c4cnc([C@@H]5C[C@H]6C[C@H]6N5C(=O)OC(C)(C)C)[nH]4)cc3)cc2[nH]1. The molecular formula is C38H41FN6O4. The van der Waals surface area contributed by atoms with Gasteiger partial charge in [0.05, 0.1) is 29.5 Å². The maximum Gasteiger partial charge on any atom is 0.411 e. The number of halogens is 1. The van der Waals surface area contributed by atoms with Crippen LogP contribution in [0.15, 0.2) is 42.6 Å². The number of amides is 2. The maximum absolute atomic E-state index is 15.3. The van der Waals surface area contributed by atoms with Crippen molar-refractivity contribution in [3.05, 3.63) is 71.2 Å². The van der Waals surface area contributed by atoms with E-state index in [0.29, 0.717) is 28.7 Å². The summed E-state index contributed by atoms with van der Waals surface area (Å²) in [5, 5.41) is 0. The molecule has 2 amide bonds. The van der Waals surface area contributed by atoms with E-state index in [2.05, 4.69) is 31.8 Å². The molecule has 4 heterocycles. The van der Waals surface area contributed by atoms with Crippen LogP contribution in [0.3, 0.4) is 0 Å². The number of hydrogen-bond acceptors (Lipinski definition) is 6. The summed E-state index contributed by atoms with van der Waals surface area (Å²) in [5.74, 6) is 8.01. The van der Waals surface area contributed by atoms with E-state index in [9.17, 15) is 9.59 Å². The van der Waals surface area contributed by atoms with Gasteiger partial charge >= 0.3 is 12.2 Å². The first kappa shape index (κ1) is 31.4. The molecule has 2 aliphatic heterocycles. The van der Waals surface area contributed by atoms with Crippen LogP contribution in [0, 0.1) is 29.5 Å². The van der Waals surface area contributed by atoms with Crippen LogP contribution in [0.5, 0.6) is 0 Å². The van der Waals surface area contributed by atoms with Crippen LogP contribution < -0.4 is 0 Å². The average Bonchev–Trinajstić information content (AvgIpc) is 3.64. The summed E-state index contributed by atoms with van der Waals surface area (Å²) in [5.41, 5.74) is 2.71. The number of nitrogens with one attached hydrogen (secondary N) is 2. The Hall–Kier alpha value is -4.85. The van der Waals surface area contributed by atoms with Crippen LogP contribution in [0.1, 0.15) is 102 Å². The Balaban J connectivity index is 0.967. The van der Waals surface area contributed by atoms with E-state index >= 15 is 4.39 Å². The average molecular weight is 665 g/mol. The Bertz CT molecular complexity index is 2030. The van der Waals surface area contributed by atoms with Gasteiger partial charge in [0.2, 0.25) is 0 Å². The Morgan fingerprint density at radius 1 is 0.796 bits per heavy atom. The Kier molecular flexibility index (Phi) is 7.11. The fourth-order valence-electron chi connectivity index (χ4n) is 7.41.